The summed E-state index contributed by atoms with van der Waals surface area (Å²) >= 11 is 1.73. The Bertz CT molecular complexity index is 546. The summed E-state index contributed by atoms with van der Waals surface area (Å²) in [5, 5.41) is 4.69. The second kappa shape index (κ2) is 5.39. The number of aromatic nitrogens is 1. The number of thiazole rings is 1. The summed E-state index contributed by atoms with van der Waals surface area (Å²) in [5.41, 5.74) is 1.18. The van der Waals surface area contributed by atoms with Crippen LogP contribution in [-0.4, -0.2) is 4.98 Å². The molecular formula is C15H17FN2S. The molecule has 2 aromatic rings. The number of aryl methyl sites for hydroxylation is 1. The lowest BCUT2D eigenvalue weighted by Gasteiger charge is -2.18. The van der Waals surface area contributed by atoms with Crippen molar-refractivity contribution in [1.29, 1.82) is 0 Å². The quantitative estimate of drug-likeness (QED) is 0.897. The minimum atomic E-state index is -0.172. The van der Waals surface area contributed by atoms with E-state index in [1.165, 1.54) is 23.3 Å². The molecule has 4 heteroatoms. The van der Waals surface area contributed by atoms with Crippen LogP contribution < -0.4 is 5.32 Å². The molecule has 0 saturated heterocycles. The number of nitrogens with one attached hydrogen (secondary N) is 1. The maximum absolute atomic E-state index is 13.0. The summed E-state index contributed by atoms with van der Waals surface area (Å²) in [5.74, 6) is 0.514. The molecule has 1 saturated carbocycles. The Morgan fingerprint density at radius 2 is 2.11 bits per heavy atom. The Balaban J connectivity index is 1.69. The van der Waals surface area contributed by atoms with Gasteiger partial charge in [0.1, 0.15) is 10.8 Å². The van der Waals surface area contributed by atoms with E-state index in [-0.39, 0.29) is 5.82 Å². The summed E-state index contributed by atoms with van der Waals surface area (Å²) in [4.78, 5) is 5.61. The summed E-state index contributed by atoms with van der Waals surface area (Å²) in [7, 11) is 0. The Hall–Kier alpha value is -1.26. The fourth-order valence-electron chi connectivity index (χ4n) is 2.34. The van der Waals surface area contributed by atoms with Gasteiger partial charge in [0.05, 0.1) is 0 Å². The van der Waals surface area contributed by atoms with Crippen molar-refractivity contribution in [2.45, 2.75) is 32.4 Å². The monoisotopic (exact) mass is 276 g/mol. The first-order chi connectivity index (χ1) is 9.22. The van der Waals surface area contributed by atoms with Gasteiger partial charge in [0.15, 0.2) is 0 Å². The summed E-state index contributed by atoms with van der Waals surface area (Å²) in [6.07, 6.45) is 4.42. The number of hydrogen-bond donors (Lipinski definition) is 1. The van der Waals surface area contributed by atoms with Crippen LogP contribution in [0.2, 0.25) is 0 Å². The number of halogens is 1. The molecule has 1 unspecified atom stereocenters. The van der Waals surface area contributed by atoms with Gasteiger partial charge in [0.25, 0.3) is 0 Å². The average molecular weight is 276 g/mol. The summed E-state index contributed by atoms with van der Waals surface area (Å²) in [6, 6.07) is 7.18. The standard InChI is InChI=1S/C15H17FN2S/c1-10-8-17-14(19-10)9-18-15(11-2-3-11)12-4-6-13(16)7-5-12/h4-8,11,15,18H,2-3,9H2,1H3. The van der Waals surface area contributed by atoms with Gasteiger partial charge in [-0.1, -0.05) is 12.1 Å². The third kappa shape index (κ3) is 3.19. The van der Waals surface area contributed by atoms with Crippen molar-refractivity contribution in [1.82, 2.24) is 10.3 Å². The zero-order valence-corrected chi connectivity index (χ0v) is 11.7. The lowest BCUT2D eigenvalue weighted by Crippen LogP contribution is -2.22. The normalized spacial score (nSPS) is 16.5. The van der Waals surface area contributed by atoms with E-state index in [9.17, 15) is 4.39 Å². The molecule has 1 fully saturated rings. The highest BCUT2D eigenvalue weighted by Gasteiger charge is 2.32. The number of hydrogen-bond acceptors (Lipinski definition) is 3. The minimum absolute atomic E-state index is 0.172. The molecule has 3 rings (SSSR count). The summed E-state index contributed by atoms with van der Waals surface area (Å²) < 4.78 is 13.0. The Labute approximate surface area is 116 Å². The van der Waals surface area contributed by atoms with Gasteiger partial charge in [-0.3, -0.25) is 0 Å². The van der Waals surface area contributed by atoms with Gasteiger partial charge < -0.3 is 5.32 Å². The highest BCUT2D eigenvalue weighted by Crippen LogP contribution is 2.41. The molecule has 1 aromatic carbocycles. The van der Waals surface area contributed by atoms with Crippen molar-refractivity contribution >= 4 is 11.3 Å². The van der Waals surface area contributed by atoms with Crippen molar-refractivity contribution < 1.29 is 4.39 Å². The van der Waals surface area contributed by atoms with Gasteiger partial charge in [0, 0.05) is 23.7 Å². The maximum Gasteiger partial charge on any atom is 0.123 e. The van der Waals surface area contributed by atoms with Crippen LogP contribution in [0.5, 0.6) is 0 Å². The van der Waals surface area contributed by atoms with Crippen molar-refractivity contribution in [2.24, 2.45) is 5.92 Å². The van der Waals surface area contributed by atoms with Crippen LogP contribution in [-0.2, 0) is 6.54 Å². The Kier molecular flexibility index (Phi) is 3.62. The first kappa shape index (κ1) is 12.8. The third-order valence-electron chi connectivity index (χ3n) is 3.46. The molecule has 1 N–H and O–H groups in total. The Morgan fingerprint density at radius 3 is 2.68 bits per heavy atom. The fraction of sp³-hybridized carbons (Fsp3) is 0.400. The van der Waals surface area contributed by atoms with Gasteiger partial charge in [0.2, 0.25) is 0 Å². The smallest absolute Gasteiger partial charge is 0.123 e. The largest absolute Gasteiger partial charge is 0.303 e. The third-order valence-corrected chi connectivity index (χ3v) is 4.38. The van der Waals surface area contributed by atoms with E-state index in [1.807, 2.05) is 18.3 Å². The summed E-state index contributed by atoms with van der Waals surface area (Å²) in [6.45, 7) is 2.86. The predicted octanol–water partition coefficient (Wildman–Crippen LogP) is 3.83. The molecule has 0 bridgehead atoms. The molecule has 0 radical (unpaired) electrons. The van der Waals surface area contributed by atoms with E-state index in [0.29, 0.717) is 12.0 Å². The highest BCUT2D eigenvalue weighted by molar-refractivity contribution is 7.11. The van der Waals surface area contributed by atoms with Gasteiger partial charge >= 0.3 is 0 Å². The molecular weight excluding hydrogens is 259 g/mol. The van der Waals surface area contributed by atoms with Gasteiger partial charge in [-0.25, -0.2) is 9.37 Å². The molecule has 2 nitrogen and oxygen atoms in total. The predicted molar refractivity (Wildman–Crippen MR) is 75.6 cm³/mol. The number of rotatable bonds is 5. The van der Waals surface area contributed by atoms with E-state index >= 15 is 0 Å². The maximum atomic E-state index is 13.0. The second-order valence-electron chi connectivity index (χ2n) is 5.11. The van der Waals surface area contributed by atoms with Crippen LogP contribution in [0.4, 0.5) is 4.39 Å². The van der Waals surface area contributed by atoms with Crippen molar-refractivity contribution in [3.8, 4) is 0 Å². The highest BCUT2D eigenvalue weighted by atomic mass is 32.1. The first-order valence-electron chi connectivity index (χ1n) is 6.62. The molecule has 0 aliphatic heterocycles. The number of nitrogens with zero attached hydrogens (tertiary/aromatic N) is 1. The van der Waals surface area contributed by atoms with Crippen molar-refractivity contribution in [2.75, 3.05) is 0 Å². The SMILES string of the molecule is Cc1cnc(CNC(c2ccc(F)cc2)C2CC2)s1. The zero-order chi connectivity index (χ0) is 13.2. The van der Waals surface area contributed by atoms with E-state index in [1.54, 1.807) is 23.5 Å². The fourth-order valence-corrected chi connectivity index (χ4v) is 3.07. The van der Waals surface area contributed by atoms with Gasteiger partial charge in [-0.15, -0.1) is 11.3 Å². The minimum Gasteiger partial charge on any atom is -0.303 e. The number of benzene rings is 1. The van der Waals surface area contributed by atoms with Crippen LogP contribution in [0.3, 0.4) is 0 Å². The van der Waals surface area contributed by atoms with Crippen LogP contribution in [0.25, 0.3) is 0 Å². The molecule has 100 valence electrons. The molecule has 0 spiro atoms. The van der Waals surface area contributed by atoms with E-state index in [0.717, 1.165) is 11.6 Å². The second-order valence-corrected chi connectivity index (χ2v) is 6.43. The van der Waals surface area contributed by atoms with E-state index in [2.05, 4.69) is 17.2 Å². The van der Waals surface area contributed by atoms with Crippen molar-refractivity contribution in [3.63, 3.8) is 0 Å². The molecule has 1 aromatic heterocycles. The van der Waals surface area contributed by atoms with Gasteiger partial charge in [-0.05, 0) is 43.4 Å². The zero-order valence-electron chi connectivity index (χ0n) is 10.9. The molecule has 1 aliphatic rings. The van der Waals surface area contributed by atoms with Crippen molar-refractivity contribution in [3.05, 3.63) is 51.7 Å². The van der Waals surface area contributed by atoms with Crippen LogP contribution in [0.15, 0.2) is 30.5 Å². The molecule has 1 heterocycles. The average Bonchev–Trinajstić information content (AvgIpc) is 3.15. The topological polar surface area (TPSA) is 24.9 Å². The van der Waals surface area contributed by atoms with Crippen LogP contribution >= 0.6 is 11.3 Å². The molecule has 19 heavy (non-hydrogen) atoms. The van der Waals surface area contributed by atoms with Crippen LogP contribution in [0, 0.1) is 18.7 Å². The lowest BCUT2D eigenvalue weighted by atomic mass is 10.0. The molecule has 0 amide bonds. The first-order valence-corrected chi connectivity index (χ1v) is 7.44. The Morgan fingerprint density at radius 1 is 1.37 bits per heavy atom. The van der Waals surface area contributed by atoms with Gasteiger partial charge in [-0.2, -0.15) is 0 Å². The van der Waals surface area contributed by atoms with Crippen LogP contribution in [0.1, 0.15) is 34.3 Å². The molecule has 1 atom stereocenters. The molecule has 1 aliphatic carbocycles. The van der Waals surface area contributed by atoms with E-state index in [4.69, 9.17) is 0 Å². The van der Waals surface area contributed by atoms with E-state index < -0.39 is 0 Å². The lowest BCUT2D eigenvalue weighted by molar-refractivity contribution is 0.478.